The topological polar surface area (TPSA) is 96.7 Å². The molecule has 0 bridgehead atoms. The highest BCUT2D eigenvalue weighted by Gasteiger charge is 2.08. The number of hydrogen-bond acceptors (Lipinski definition) is 3. The number of aromatic amines is 2. The molecule has 0 aliphatic carbocycles. The largest absolute Gasteiger partial charge is 0.344 e. The second-order valence-electron chi connectivity index (χ2n) is 3.82. The smallest absolute Gasteiger partial charge is 0.324 e. The highest BCUT2D eigenvalue weighted by Crippen LogP contribution is 2.13. The summed E-state index contributed by atoms with van der Waals surface area (Å²) in [4.78, 5) is 22.4. The first-order valence-corrected chi connectivity index (χ1v) is 5.36. The van der Waals surface area contributed by atoms with E-state index in [2.05, 4.69) is 10.2 Å². The molecule has 0 fully saturated rings. The van der Waals surface area contributed by atoms with Crippen molar-refractivity contribution in [2.45, 2.75) is 19.0 Å². The Morgan fingerprint density at radius 2 is 1.71 bits per heavy atom. The second kappa shape index (κ2) is 4.84. The van der Waals surface area contributed by atoms with E-state index < -0.39 is 11.4 Å². The molecule has 2 rings (SSSR count). The summed E-state index contributed by atoms with van der Waals surface area (Å²) >= 11 is 0. The molecule has 0 radical (unpaired) electrons. The van der Waals surface area contributed by atoms with Crippen molar-refractivity contribution in [3.8, 4) is 0 Å². The number of hydrogen-bond donors (Lipinski definition) is 3. The standard InChI is InChI=1S/C11H14N4O2/c12-9(8-4-2-1-3-5-8)6-7-15-10(16)13-14-11(15)17/h1-5,9H,6-7,12H2,(H,13,16)(H,14,17). The number of nitrogens with zero attached hydrogens (tertiary/aromatic N) is 1. The first-order valence-electron chi connectivity index (χ1n) is 5.36. The average molecular weight is 234 g/mol. The molecule has 0 saturated heterocycles. The second-order valence-corrected chi connectivity index (χ2v) is 3.82. The monoisotopic (exact) mass is 234 g/mol. The zero-order valence-electron chi connectivity index (χ0n) is 9.22. The molecule has 6 heteroatoms. The van der Waals surface area contributed by atoms with E-state index in [1.165, 1.54) is 0 Å². The van der Waals surface area contributed by atoms with Gasteiger partial charge in [-0.25, -0.2) is 24.4 Å². The van der Waals surface area contributed by atoms with Crippen LogP contribution in [0.2, 0.25) is 0 Å². The summed E-state index contributed by atoms with van der Waals surface area (Å²) in [5.74, 6) is 0. The summed E-state index contributed by atoms with van der Waals surface area (Å²) in [5.41, 5.74) is 6.10. The van der Waals surface area contributed by atoms with Crippen LogP contribution in [-0.4, -0.2) is 14.8 Å². The molecule has 0 amide bonds. The molecule has 0 saturated carbocycles. The molecule has 6 nitrogen and oxygen atoms in total. The predicted molar refractivity (Wildman–Crippen MR) is 63.7 cm³/mol. The van der Waals surface area contributed by atoms with Gasteiger partial charge in [0.1, 0.15) is 0 Å². The molecule has 1 heterocycles. The summed E-state index contributed by atoms with van der Waals surface area (Å²) < 4.78 is 1.10. The van der Waals surface area contributed by atoms with E-state index in [-0.39, 0.29) is 6.04 Å². The lowest BCUT2D eigenvalue weighted by molar-refractivity contribution is 0.540. The van der Waals surface area contributed by atoms with E-state index in [9.17, 15) is 9.59 Å². The Morgan fingerprint density at radius 3 is 2.29 bits per heavy atom. The van der Waals surface area contributed by atoms with E-state index in [1.807, 2.05) is 30.3 Å². The summed E-state index contributed by atoms with van der Waals surface area (Å²) in [7, 11) is 0. The van der Waals surface area contributed by atoms with E-state index >= 15 is 0 Å². The number of nitrogens with one attached hydrogen (secondary N) is 2. The molecule has 90 valence electrons. The van der Waals surface area contributed by atoms with Crippen LogP contribution in [0.3, 0.4) is 0 Å². The van der Waals surface area contributed by atoms with Crippen LogP contribution in [-0.2, 0) is 6.54 Å². The van der Waals surface area contributed by atoms with Crippen LogP contribution >= 0.6 is 0 Å². The highest BCUT2D eigenvalue weighted by molar-refractivity contribution is 5.18. The Kier molecular flexibility index (Phi) is 3.24. The zero-order valence-corrected chi connectivity index (χ0v) is 9.22. The fourth-order valence-corrected chi connectivity index (χ4v) is 1.67. The molecule has 0 aliphatic heterocycles. The summed E-state index contributed by atoms with van der Waals surface area (Å²) in [6.45, 7) is 0.299. The first-order chi connectivity index (χ1) is 8.18. The van der Waals surface area contributed by atoms with E-state index in [0.717, 1.165) is 10.1 Å². The normalized spacial score (nSPS) is 12.5. The molecule has 17 heavy (non-hydrogen) atoms. The molecule has 0 aliphatic rings. The third kappa shape index (κ3) is 2.54. The van der Waals surface area contributed by atoms with Crippen molar-refractivity contribution in [1.29, 1.82) is 0 Å². The fraction of sp³-hybridized carbons (Fsp3) is 0.273. The van der Waals surface area contributed by atoms with Crippen molar-refractivity contribution >= 4 is 0 Å². The lowest BCUT2D eigenvalue weighted by atomic mass is 10.1. The van der Waals surface area contributed by atoms with E-state index in [4.69, 9.17) is 5.73 Å². The number of rotatable bonds is 4. The maximum Gasteiger partial charge on any atom is 0.344 e. The van der Waals surface area contributed by atoms with Gasteiger partial charge in [0.15, 0.2) is 0 Å². The van der Waals surface area contributed by atoms with Gasteiger partial charge in [-0.2, -0.15) is 0 Å². The zero-order chi connectivity index (χ0) is 12.3. The van der Waals surface area contributed by atoms with Gasteiger partial charge in [-0.3, -0.25) is 0 Å². The lowest BCUT2D eigenvalue weighted by Crippen LogP contribution is -2.28. The number of nitrogens with two attached hydrogens (primary N) is 1. The summed E-state index contributed by atoms with van der Waals surface area (Å²) in [6.07, 6.45) is 0.533. The predicted octanol–water partition coefficient (Wildman–Crippen LogP) is -0.0452. The van der Waals surface area contributed by atoms with Crippen molar-refractivity contribution in [3.63, 3.8) is 0 Å². The lowest BCUT2D eigenvalue weighted by Gasteiger charge is -2.11. The van der Waals surface area contributed by atoms with Crippen molar-refractivity contribution < 1.29 is 0 Å². The van der Waals surface area contributed by atoms with Crippen LogP contribution < -0.4 is 17.1 Å². The van der Waals surface area contributed by atoms with Gasteiger partial charge < -0.3 is 5.73 Å². The Morgan fingerprint density at radius 1 is 1.12 bits per heavy atom. The molecule has 0 spiro atoms. The molecule has 2 aromatic rings. The van der Waals surface area contributed by atoms with Gasteiger partial charge in [0.05, 0.1) is 0 Å². The van der Waals surface area contributed by atoms with E-state index in [1.54, 1.807) is 0 Å². The summed E-state index contributed by atoms with van der Waals surface area (Å²) in [5, 5.41) is 4.46. The van der Waals surface area contributed by atoms with Gasteiger partial charge in [-0.15, -0.1) is 0 Å². The van der Waals surface area contributed by atoms with Crippen molar-refractivity contribution in [1.82, 2.24) is 14.8 Å². The quantitative estimate of drug-likeness (QED) is 0.692. The van der Waals surface area contributed by atoms with Gasteiger partial charge in [0, 0.05) is 12.6 Å². The Bertz CT molecular complexity index is 554. The van der Waals surface area contributed by atoms with Crippen molar-refractivity contribution in [2.75, 3.05) is 0 Å². The molecule has 1 aromatic carbocycles. The van der Waals surface area contributed by atoms with Crippen LogP contribution in [0.4, 0.5) is 0 Å². The Balaban J connectivity index is 2.04. The molecule has 1 unspecified atom stereocenters. The average Bonchev–Trinajstić information content (AvgIpc) is 2.67. The summed E-state index contributed by atoms with van der Waals surface area (Å²) in [6, 6.07) is 9.40. The minimum absolute atomic E-state index is 0.183. The van der Waals surface area contributed by atoms with Crippen LogP contribution in [0.15, 0.2) is 39.9 Å². The first kappa shape index (κ1) is 11.4. The maximum absolute atomic E-state index is 11.2. The van der Waals surface area contributed by atoms with Gasteiger partial charge in [0.25, 0.3) is 0 Å². The van der Waals surface area contributed by atoms with Crippen LogP contribution in [0, 0.1) is 0 Å². The van der Waals surface area contributed by atoms with Gasteiger partial charge >= 0.3 is 11.4 Å². The van der Waals surface area contributed by atoms with E-state index in [0.29, 0.717) is 13.0 Å². The van der Waals surface area contributed by atoms with Crippen LogP contribution in [0.1, 0.15) is 18.0 Å². The molecular weight excluding hydrogens is 220 g/mol. The van der Waals surface area contributed by atoms with Crippen LogP contribution in [0.5, 0.6) is 0 Å². The molecule has 1 atom stereocenters. The molecule has 4 N–H and O–H groups in total. The van der Waals surface area contributed by atoms with Gasteiger partial charge in [-0.1, -0.05) is 30.3 Å². The Hall–Kier alpha value is -2.08. The fourth-order valence-electron chi connectivity index (χ4n) is 1.67. The van der Waals surface area contributed by atoms with Crippen LogP contribution in [0.25, 0.3) is 0 Å². The SMILES string of the molecule is NC(CCn1c(=O)[nH][nH]c1=O)c1ccccc1. The number of H-pyrrole nitrogens is 2. The minimum atomic E-state index is -0.435. The Labute approximate surface area is 97.1 Å². The number of aromatic nitrogens is 3. The molecular formula is C11H14N4O2. The highest BCUT2D eigenvalue weighted by atomic mass is 16.2. The third-order valence-corrected chi connectivity index (χ3v) is 2.66. The maximum atomic E-state index is 11.2. The molecule has 1 aromatic heterocycles. The van der Waals surface area contributed by atoms with Gasteiger partial charge in [-0.05, 0) is 12.0 Å². The van der Waals surface area contributed by atoms with Crippen molar-refractivity contribution in [3.05, 3.63) is 56.9 Å². The number of benzene rings is 1. The minimum Gasteiger partial charge on any atom is -0.324 e. The van der Waals surface area contributed by atoms with Gasteiger partial charge in [0.2, 0.25) is 0 Å². The third-order valence-electron chi connectivity index (χ3n) is 2.66. The van der Waals surface area contributed by atoms with Crippen molar-refractivity contribution in [2.24, 2.45) is 5.73 Å².